The summed E-state index contributed by atoms with van der Waals surface area (Å²) in [6, 6.07) is 0. The molecule has 0 aromatic carbocycles. The van der Waals surface area contributed by atoms with Crippen molar-refractivity contribution < 1.29 is 0 Å². The van der Waals surface area contributed by atoms with Gasteiger partial charge in [0.15, 0.2) is 5.82 Å². The summed E-state index contributed by atoms with van der Waals surface area (Å²) in [4.78, 5) is 19.4. The second-order valence-electron chi connectivity index (χ2n) is 2.57. The molecule has 13 heavy (non-hydrogen) atoms. The van der Waals surface area contributed by atoms with E-state index < -0.39 is 0 Å². The molecule has 4 nitrogen and oxygen atoms in total. The highest BCUT2D eigenvalue weighted by molar-refractivity contribution is 7.07. The molecule has 0 saturated carbocycles. The van der Waals surface area contributed by atoms with Crippen molar-refractivity contribution in [2.75, 3.05) is 0 Å². The average molecular weight is 193 g/mol. The molecule has 0 spiro atoms. The molecule has 0 amide bonds. The summed E-state index contributed by atoms with van der Waals surface area (Å²) in [5.41, 5.74) is 0.841. The number of aromatic nitrogens is 3. The van der Waals surface area contributed by atoms with E-state index in [-0.39, 0.29) is 4.74 Å². The van der Waals surface area contributed by atoms with Crippen LogP contribution in [-0.4, -0.2) is 14.5 Å². The molecular weight excluding hydrogens is 186 g/mol. The topological polar surface area (TPSA) is 47.8 Å². The largest absolute Gasteiger partial charge is 0.286 e. The normalized spacial score (nSPS) is 10.2. The summed E-state index contributed by atoms with van der Waals surface area (Å²) in [7, 11) is 0. The SMILES string of the molecule is Cc1csc(=O)c(-n2ccnc2)n1. The fourth-order valence-electron chi connectivity index (χ4n) is 0.978. The fourth-order valence-corrected chi connectivity index (χ4v) is 1.56. The lowest BCUT2D eigenvalue weighted by Crippen LogP contribution is -2.09. The summed E-state index contributed by atoms with van der Waals surface area (Å²) in [6.45, 7) is 1.86. The molecule has 2 heterocycles. The Morgan fingerprint density at radius 1 is 1.54 bits per heavy atom. The molecule has 0 N–H and O–H groups in total. The minimum atomic E-state index is -0.0522. The van der Waals surface area contributed by atoms with E-state index in [4.69, 9.17) is 0 Å². The number of imidazole rings is 1. The molecule has 5 heteroatoms. The van der Waals surface area contributed by atoms with E-state index in [1.807, 2.05) is 6.92 Å². The lowest BCUT2D eigenvalue weighted by atomic mass is 10.5. The van der Waals surface area contributed by atoms with Gasteiger partial charge in [0.05, 0.1) is 0 Å². The van der Waals surface area contributed by atoms with Crippen molar-refractivity contribution in [3.8, 4) is 5.82 Å². The van der Waals surface area contributed by atoms with Crippen molar-refractivity contribution in [3.63, 3.8) is 0 Å². The van der Waals surface area contributed by atoms with Gasteiger partial charge in [-0.05, 0) is 6.92 Å². The van der Waals surface area contributed by atoms with Crippen LogP contribution >= 0.6 is 11.3 Å². The number of aryl methyl sites for hydroxylation is 1. The van der Waals surface area contributed by atoms with Gasteiger partial charge in [0, 0.05) is 23.5 Å². The predicted octanol–water partition coefficient (Wildman–Crippen LogP) is 0.997. The molecule has 0 saturated heterocycles. The summed E-state index contributed by atoms with van der Waals surface area (Å²) in [5, 5.41) is 1.74. The quantitative estimate of drug-likeness (QED) is 0.678. The van der Waals surface area contributed by atoms with Crippen molar-refractivity contribution in [3.05, 3.63) is 39.3 Å². The average Bonchev–Trinajstić information content (AvgIpc) is 2.61. The van der Waals surface area contributed by atoms with E-state index in [1.54, 1.807) is 28.7 Å². The highest BCUT2D eigenvalue weighted by Crippen LogP contribution is 2.01. The molecule has 2 aromatic heterocycles. The van der Waals surface area contributed by atoms with Crippen LogP contribution in [0, 0.1) is 6.92 Å². The smallest absolute Gasteiger partial charge is 0.275 e. The number of rotatable bonds is 1. The highest BCUT2D eigenvalue weighted by Gasteiger charge is 2.02. The molecule has 0 aliphatic heterocycles. The Hall–Kier alpha value is -1.49. The van der Waals surface area contributed by atoms with Gasteiger partial charge in [-0.2, -0.15) is 0 Å². The van der Waals surface area contributed by atoms with Crippen molar-refractivity contribution >= 4 is 11.3 Å². The fraction of sp³-hybridized carbons (Fsp3) is 0.125. The minimum Gasteiger partial charge on any atom is -0.286 e. The van der Waals surface area contributed by atoms with E-state index in [9.17, 15) is 4.79 Å². The maximum Gasteiger partial charge on any atom is 0.275 e. The van der Waals surface area contributed by atoms with Crippen LogP contribution < -0.4 is 4.74 Å². The van der Waals surface area contributed by atoms with Crippen LogP contribution in [0.4, 0.5) is 0 Å². The van der Waals surface area contributed by atoms with Gasteiger partial charge >= 0.3 is 0 Å². The van der Waals surface area contributed by atoms with E-state index in [0.717, 1.165) is 17.0 Å². The summed E-state index contributed by atoms with van der Waals surface area (Å²) >= 11 is 1.15. The molecule has 0 bridgehead atoms. The molecule has 0 aliphatic rings. The summed E-state index contributed by atoms with van der Waals surface area (Å²) < 4.78 is 1.56. The lowest BCUT2D eigenvalue weighted by Gasteiger charge is -1.98. The van der Waals surface area contributed by atoms with Gasteiger partial charge in [-0.25, -0.2) is 9.97 Å². The van der Waals surface area contributed by atoms with Crippen LogP contribution in [0.5, 0.6) is 0 Å². The summed E-state index contributed by atoms with van der Waals surface area (Å²) in [6.07, 6.45) is 4.89. The molecule has 66 valence electrons. The van der Waals surface area contributed by atoms with Crippen LogP contribution in [-0.2, 0) is 0 Å². The molecule has 0 unspecified atom stereocenters. The Kier molecular flexibility index (Phi) is 1.94. The molecular formula is C8H7N3OS. The van der Waals surface area contributed by atoms with Crippen molar-refractivity contribution in [1.82, 2.24) is 14.5 Å². The highest BCUT2D eigenvalue weighted by atomic mass is 32.1. The van der Waals surface area contributed by atoms with E-state index >= 15 is 0 Å². The van der Waals surface area contributed by atoms with Gasteiger partial charge in [-0.15, -0.1) is 0 Å². The standard InChI is InChI=1S/C8H7N3OS/c1-6-4-13-8(12)7(10-6)11-3-2-9-5-11/h2-5H,1H3. The number of nitrogens with zero attached hydrogens (tertiary/aromatic N) is 3. The third-order valence-electron chi connectivity index (χ3n) is 1.55. The van der Waals surface area contributed by atoms with Gasteiger partial charge in [0.1, 0.15) is 6.33 Å². The molecule has 0 fully saturated rings. The van der Waals surface area contributed by atoms with Gasteiger partial charge < -0.3 is 0 Å². The van der Waals surface area contributed by atoms with E-state index in [1.165, 1.54) is 0 Å². The maximum atomic E-state index is 11.4. The lowest BCUT2D eigenvalue weighted by molar-refractivity contribution is 0.974. The Bertz CT molecular complexity index is 460. The Morgan fingerprint density at radius 3 is 3.08 bits per heavy atom. The van der Waals surface area contributed by atoms with Crippen LogP contribution in [0.1, 0.15) is 5.69 Å². The van der Waals surface area contributed by atoms with Gasteiger partial charge in [-0.1, -0.05) is 11.3 Å². The zero-order valence-corrected chi connectivity index (χ0v) is 7.78. The zero-order valence-electron chi connectivity index (χ0n) is 6.97. The van der Waals surface area contributed by atoms with E-state index in [2.05, 4.69) is 9.97 Å². The van der Waals surface area contributed by atoms with Gasteiger partial charge in [-0.3, -0.25) is 9.36 Å². The predicted molar refractivity (Wildman–Crippen MR) is 50.2 cm³/mol. The van der Waals surface area contributed by atoms with Crippen LogP contribution in [0.2, 0.25) is 0 Å². The second-order valence-corrected chi connectivity index (χ2v) is 3.41. The van der Waals surface area contributed by atoms with Gasteiger partial charge in [0.2, 0.25) is 0 Å². The third kappa shape index (κ3) is 1.50. The summed E-state index contributed by atoms with van der Waals surface area (Å²) in [5.74, 6) is 0.419. The zero-order chi connectivity index (χ0) is 9.26. The molecule has 0 aliphatic carbocycles. The third-order valence-corrected chi connectivity index (χ3v) is 2.41. The van der Waals surface area contributed by atoms with Crippen LogP contribution in [0.25, 0.3) is 5.82 Å². The van der Waals surface area contributed by atoms with Crippen molar-refractivity contribution in [2.24, 2.45) is 0 Å². The van der Waals surface area contributed by atoms with Crippen molar-refractivity contribution in [1.29, 1.82) is 0 Å². The van der Waals surface area contributed by atoms with Crippen LogP contribution in [0.15, 0.2) is 28.9 Å². The first-order valence-corrected chi connectivity index (χ1v) is 4.60. The van der Waals surface area contributed by atoms with E-state index in [0.29, 0.717) is 5.82 Å². The molecule has 0 radical (unpaired) electrons. The Balaban J connectivity index is 2.64. The number of hydrogen-bond acceptors (Lipinski definition) is 4. The van der Waals surface area contributed by atoms with Gasteiger partial charge in [0.25, 0.3) is 4.74 Å². The molecule has 0 atom stereocenters. The molecule has 2 aromatic rings. The first-order chi connectivity index (χ1) is 6.27. The molecule has 2 rings (SSSR count). The first kappa shape index (κ1) is 8.12. The Morgan fingerprint density at radius 2 is 2.38 bits per heavy atom. The van der Waals surface area contributed by atoms with Crippen LogP contribution in [0.3, 0.4) is 0 Å². The second kappa shape index (κ2) is 3.10. The Labute approximate surface area is 78.5 Å². The minimum absolute atomic E-state index is 0.0522. The first-order valence-electron chi connectivity index (χ1n) is 3.72. The van der Waals surface area contributed by atoms with Crippen molar-refractivity contribution in [2.45, 2.75) is 6.92 Å². The maximum absolute atomic E-state index is 11.4. The monoisotopic (exact) mass is 193 g/mol. The number of hydrogen-bond donors (Lipinski definition) is 0.